The standard InChI is InChI=1S/C21H22N2O3/c1-12-9-13(2)19(14(3)10-12)23-20(24)15(4)26-21(25)18-11-16-7-5-6-8-17(16)22-18/h5-11,15,22H,1-4H3,(H,23,24). The van der Waals surface area contributed by atoms with E-state index in [2.05, 4.69) is 10.3 Å². The maximum atomic E-state index is 12.4. The second-order valence-electron chi connectivity index (χ2n) is 6.58. The zero-order valence-electron chi connectivity index (χ0n) is 15.3. The van der Waals surface area contributed by atoms with Gasteiger partial charge in [-0.05, 0) is 51.0 Å². The highest BCUT2D eigenvalue weighted by Gasteiger charge is 2.21. The highest BCUT2D eigenvalue weighted by molar-refractivity contribution is 5.99. The minimum atomic E-state index is -0.908. The van der Waals surface area contributed by atoms with Gasteiger partial charge in [0.05, 0.1) is 0 Å². The molecule has 1 amide bonds. The van der Waals surface area contributed by atoms with Crippen molar-refractivity contribution < 1.29 is 14.3 Å². The van der Waals surface area contributed by atoms with E-state index in [9.17, 15) is 9.59 Å². The van der Waals surface area contributed by atoms with Gasteiger partial charge in [0.15, 0.2) is 6.10 Å². The lowest BCUT2D eigenvalue weighted by atomic mass is 10.0. The molecule has 0 aliphatic carbocycles. The van der Waals surface area contributed by atoms with E-state index in [0.29, 0.717) is 5.69 Å². The van der Waals surface area contributed by atoms with Crippen LogP contribution in [-0.2, 0) is 9.53 Å². The summed E-state index contributed by atoms with van der Waals surface area (Å²) in [4.78, 5) is 27.8. The third kappa shape index (κ3) is 3.61. The summed E-state index contributed by atoms with van der Waals surface area (Å²) < 4.78 is 5.32. The number of aromatic amines is 1. The van der Waals surface area contributed by atoms with E-state index in [1.807, 2.05) is 57.2 Å². The molecule has 5 heteroatoms. The van der Waals surface area contributed by atoms with Crippen LogP contribution in [0.25, 0.3) is 10.9 Å². The zero-order chi connectivity index (χ0) is 18.8. The number of H-pyrrole nitrogens is 1. The molecule has 0 saturated carbocycles. The normalized spacial score (nSPS) is 12.0. The summed E-state index contributed by atoms with van der Waals surface area (Å²) in [7, 11) is 0. The van der Waals surface area contributed by atoms with E-state index in [-0.39, 0.29) is 5.91 Å². The summed E-state index contributed by atoms with van der Waals surface area (Å²) >= 11 is 0. The number of hydrogen-bond acceptors (Lipinski definition) is 3. The Morgan fingerprint density at radius 3 is 2.35 bits per heavy atom. The number of para-hydroxylation sites is 1. The number of anilines is 1. The molecule has 1 heterocycles. The number of carbonyl (C=O) groups excluding carboxylic acids is 2. The first-order valence-electron chi connectivity index (χ1n) is 8.52. The van der Waals surface area contributed by atoms with Crippen molar-refractivity contribution in [3.8, 4) is 0 Å². The molecule has 1 aromatic heterocycles. The molecule has 3 aromatic rings. The summed E-state index contributed by atoms with van der Waals surface area (Å²) in [5.74, 6) is -0.911. The third-order valence-corrected chi connectivity index (χ3v) is 4.33. The first kappa shape index (κ1) is 17.7. The minimum absolute atomic E-state index is 0.327. The van der Waals surface area contributed by atoms with Crippen molar-refractivity contribution in [2.75, 3.05) is 5.32 Å². The van der Waals surface area contributed by atoms with Crippen molar-refractivity contribution >= 4 is 28.5 Å². The van der Waals surface area contributed by atoms with Crippen molar-refractivity contribution in [2.24, 2.45) is 0 Å². The van der Waals surface area contributed by atoms with E-state index < -0.39 is 12.1 Å². The molecule has 26 heavy (non-hydrogen) atoms. The minimum Gasteiger partial charge on any atom is -0.448 e. The number of aryl methyl sites for hydroxylation is 3. The van der Waals surface area contributed by atoms with Gasteiger partial charge in [-0.3, -0.25) is 4.79 Å². The molecule has 0 fully saturated rings. The van der Waals surface area contributed by atoms with E-state index in [0.717, 1.165) is 33.3 Å². The van der Waals surface area contributed by atoms with Crippen molar-refractivity contribution in [2.45, 2.75) is 33.8 Å². The number of nitrogens with one attached hydrogen (secondary N) is 2. The molecule has 1 atom stereocenters. The lowest BCUT2D eigenvalue weighted by Gasteiger charge is -2.16. The van der Waals surface area contributed by atoms with Crippen molar-refractivity contribution in [3.63, 3.8) is 0 Å². The highest BCUT2D eigenvalue weighted by Crippen LogP contribution is 2.22. The van der Waals surface area contributed by atoms with Gasteiger partial charge in [-0.15, -0.1) is 0 Å². The Balaban J connectivity index is 1.70. The summed E-state index contributed by atoms with van der Waals surface area (Å²) in [5, 5.41) is 3.78. The zero-order valence-corrected chi connectivity index (χ0v) is 15.3. The SMILES string of the molecule is Cc1cc(C)c(NC(=O)C(C)OC(=O)c2cc3ccccc3[nH]2)c(C)c1. The monoisotopic (exact) mass is 350 g/mol. The fraction of sp³-hybridized carbons (Fsp3) is 0.238. The molecule has 0 aliphatic rings. The molecule has 0 radical (unpaired) electrons. The van der Waals surface area contributed by atoms with Crippen LogP contribution in [0.15, 0.2) is 42.5 Å². The molecule has 1 unspecified atom stereocenters. The number of esters is 1. The van der Waals surface area contributed by atoms with Crippen LogP contribution in [-0.4, -0.2) is 23.0 Å². The largest absolute Gasteiger partial charge is 0.448 e. The van der Waals surface area contributed by atoms with Gasteiger partial charge < -0.3 is 15.0 Å². The Morgan fingerprint density at radius 2 is 1.69 bits per heavy atom. The molecule has 134 valence electrons. The Labute approximate surface area is 152 Å². The van der Waals surface area contributed by atoms with E-state index >= 15 is 0 Å². The molecule has 2 aromatic carbocycles. The van der Waals surface area contributed by atoms with Gasteiger partial charge in [0.1, 0.15) is 5.69 Å². The first-order valence-corrected chi connectivity index (χ1v) is 8.52. The van der Waals surface area contributed by atoms with Crippen molar-refractivity contribution in [3.05, 3.63) is 64.8 Å². The maximum absolute atomic E-state index is 12.4. The first-order chi connectivity index (χ1) is 12.3. The van der Waals surface area contributed by atoms with Crippen molar-refractivity contribution in [1.82, 2.24) is 4.98 Å². The van der Waals surface area contributed by atoms with Crippen molar-refractivity contribution in [1.29, 1.82) is 0 Å². The molecule has 0 aliphatic heterocycles. The Morgan fingerprint density at radius 1 is 1.04 bits per heavy atom. The number of carbonyl (C=O) groups is 2. The third-order valence-electron chi connectivity index (χ3n) is 4.33. The lowest BCUT2D eigenvalue weighted by molar-refractivity contribution is -0.123. The topological polar surface area (TPSA) is 71.2 Å². The maximum Gasteiger partial charge on any atom is 0.355 e. The van der Waals surface area contributed by atoms with Crippen LogP contribution in [0.4, 0.5) is 5.69 Å². The van der Waals surface area contributed by atoms with Crippen LogP contribution in [0.3, 0.4) is 0 Å². The molecule has 0 saturated heterocycles. The lowest BCUT2D eigenvalue weighted by Crippen LogP contribution is -2.30. The molecule has 3 rings (SSSR count). The van der Waals surface area contributed by atoms with Gasteiger partial charge in [-0.2, -0.15) is 0 Å². The summed E-state index contributed by atoms with van der Waals surface area (Å²) in [6.45, 7) is 7.46. The number of benzene rings is 2. The number of fused-ring (bicyclic) bond motifs is 1. The summed E-state index contributed by atoms with van der Waals surface area (Å²) in [5.41, 5.74) is 5.02. The van der Waals surface area contributed by atoms with Gasteiger partial charge in [0, 0.05) is 16.6 Å². The quantitative estimate of drug-likeness (QED) is 0.690. The van der Waals surface area contributed by atoms with Crippen LogP contribution in [0.2, 0.25) is 0 Å². The van der Waals surface area contributed by atoms with Gasteiger partial charge in [0.2, 0.25) is 0 Å². The second kappa shape index (κ2) is 7.04. The Kier molecular flexibility index (Phi) is 4.80. The number of rotatable bonds is 4. The molecular weight excluding hydrogens is 328 g/mol. The van der Waals surface area contributed by atoms with Crippen LogP contribution in [0.5, 0.6) is 0 Å². The number of amides is 1. The Hall–Kier alpha value is -3.08. The molecule has 2 N–H and O–H groups in total. The molecule has 0 spiro atoms. The van der Waals surface area contributed by atoms with E-state index in [1.54, 1.807) is 13.0 Å². The average Bonchev–Trinajstić information content (AvgIpc) is 3.02. The van der Waals surface area contributed by atoms with Gasteiger partial charge in [-0.1, -0.05) is 35.9 Å². The van der Waals surface area contributed by atoms with E-state index in [1.165, 1.54) is 0 Å². The predicted molar refractivity (Wildman–Crippen MR) is 102 cm³/mol. The van der Waals surface area contributed by atoms with Gasteiger partial charge in [-0.25, -0.2) is 4.79 Å². The summed E-state index contributed by atoms with van der Waals surface area (Å²) in [6, 6.07) is 13.3. The smallest absolute Gasteiger partial charge is 0.355 e. The van der Waals surface area contributed by atoms with Crippen LogP contribution in [0.1, 0.15) is 34.1 Å². The Bertz CT molecular complexity index is 932. The predicted octanol–water partition coefficient (Wildman–Crippen LogP) is 4.28. The van der Waals surface area contributed by atoms with Gasteiger partial charge in [0.25, 0.3) is 5.91 Å². The van der Waals surface area contributed by atoms with Crippen LogP contribution >= 0.6 is 0 Å². The van der Waals surface area contributed by atoms with E-state index in [4.69, 9.17) is 4.74 Å². The van der Waals surface area contributed by atoms with Crippen LogP contribution < -0.4 is 5.32 Å². The average molecular weight is 350 g/mol. The number of hydrogen-bond donors (Lipinski definition) is 2. The van der Waals surface area contributed by atoms with Crippen LogP contribution in [0, 0.1) is 20.8 Å². The molecular formula is C21H22N2O3. The fourth-order valence-electron chi connectivity index (χ4n) is 3.06. The number of aromatic nitrogens is 1. The molecule has 5 nitrogen and oxygen atoms in total. The second-order valence-corrected chi connectivity index (χ2v) is 6.58. The number of ether oxygens (including phenoxy) is 1. The molecule has 0 bridgehead atoms. The highest BCUT2D eigenvalue weighted by atomic mass is 16.5. The summed E-state index contributed by atoms with van der Waals surface area (Å²) in [6.07, 6.45) is -0.908. The van der Waals surface area contributed by atoms with Gasteiger partial charge >= 0.3 is 5.97 Å². The fourth-order valence-corrected chi connectivity index (χ4v) is 3.06.